The largest absolute Gasteiger partial charge is 0.497 e. The van der Waals surface area contributed by atoms with Gasteiger partial charge in [-0.25, -0.2) is 4.98 Å². The number of aryl methyl sites for hydroxylation is 1. The first-order valence-electron chi connectivity index (χ1n) is 12.2. The third kappa shape index (κ3) is 5.93. The molecule has 180 valence electrons. The number of benzene rings is 2. The molecule has 1 aliphatic rings. The van der Waals surface area contributed by atoms with Crippen molar-refractivity contribution < 1.29 is 4.74 Å². The molecule has 0 spiro atoms. The molecule has 0 radical (unpaired) electrons. The maximum atomic E-state index is 5.39. The number of ether oxygens (including phenoxy) is 1. The van der Waals surface area contributed by atoms with Gasteiger partial charge in [-0.05, 0) is 75.2 Å². The van der Waals surface area contributed by atoms with Gasteiger partial charge in [-0.2, -0.15) is 0 Å². The zero-order valence-corrected chi connectivity index (χ0v) is 21.2. The van der Waals surface area contributed by atoms with Gasteiger partial charge in [-0.3, -0.25) is 4.99 Å². The van der Waals surface area contributed by atoms with Gasteiger partial charge in [0.2, 0.25) is 0 Å². The van der Waals surface area contributed by atoms with Gasteiger partial charge in [0.05, 0.1) is 18.1 Å². The van der Waals surface area contributed by atoms with Crippen LogP contribution in [-0.4, -0.2) is 72.4 Å². The minimum Gasteiger partial charge on any atom is -0.497 e. The fourth-order valence-corrected chi connectivity index (χ4v) is 4.43. The third-order valence-corrected chi connectivity index (χ3v) is 6.69. The third-order valence-electron chi connectivity index (χ3n) is 6.69. The second-order valence-corrected chi connectivity index (χ2v) is 9.32. The number of hydrogen-bond donors (Lipinski definition) is 1. The lowest BCUT2D eigenvalue weighted by Crippen LogP contribution is -2.45. The first-order chi connectivity index (χ1) is 16.4. The Balaban J connectivity index is 1.46. The first kappa shape index (κ1) is 24.2. The van der Waals surface area contributed by atoms with Crippen LogP contribution in [0.5, 0.6) is 5.75 Å². The van der Waals surface area contributed by atoms with Gasteiger partial charge in [-0.1, -0.05) is 18.2 Å². The Kier molecular flexibility index (Phi) is 7.80. The fourth-order valence-electron chi connectivity index (χ4n) is 4.43. The maximum Gasteiger partial charge on any atom is 0.156 e. The van der Waals surface area contributed by atoms with E-state index in [1.54, 1.807) is 7.11 Å². The number of aromatic amines is 1. The summed E-state index contributed by atoms with van der Waals surface area (Å²) < 4.78 is 5.39. The molecule has 1 fully saturated rings. The Labute approximate surface area is 203 Å². The number of likely N-dealkylation sites (N-methyl/N-ethyl adjacent to an activating group) is 1. The lowest BCUT2D eigenvalue weighted by atomic mass is 10.0. The molecule has 0 aliphatic carbocycles. The van der Waals surface area contributed by atoms with Crippen LogP contribution in [0.25, 0.3) is 16.7 Å². The first-order valence-corrected chi connectivity index (χ1v) is 12.2. The van der Waals surface area contributed by atoms with E-state index in [-0.39, 0.29) is 0 Å². The number of nitrogens with one attached hydrogen (secondary N) is 1. The van der Waals surface area contributed by atoms with Crippen LogP contribution in [0, 0.1) is 6.92 Å². The minimum atomic E-state index is 0.775. The quantitative estimate of drug-likeness (QED) is 0.495. The monoisotopic (exact) mass is 459 g/mol. The van der Waals surface area contributed by atoms with E-state index >= 15 is 0 Å². The van der Waals surface area contributed by atoms with Crippen molar-refractivity contribution in [1.82, 2.24) is 19.8 Å². The normalized spacial score (nSPS) is 16.4. The number of methoxy groups -OCH3 is 1. The lowest BCUT2D eigenvalue weighted by molar-refractivity contribution is 0.155. The van der Waals surface area contributed by atoms with Crippen LogP contribution in [0.3, 0.4) is 0 Å². The number of rotatable bonds is 8. The standard InChI is InChI=1S/C28H37N5O/c1-6-25(29-21(3)17-23-19-24(34-5)9-7-20(23)2)28-30-26-10-8-22(18-27(26)31-28)11-12-33-15-13-32(4)14-16-33/h6-10,18-19H,11-17H2,1-5H3,(H,30,31)/b25-6-,29-21?. The Hall–Kier alpha value is -2.96. The van der Waals surface area contributed by atoms with Crippen molar-refractivity contribution in [2.75, 3.05) is 46.9 Å². The molecule has 0 atom stereocenters. The number of fused-ring (bicyclic) bond motifs is 1. The van der Waals surface area contributed by atoms with Crippen LogP contribution < -0.4 is 4.74 Å². The van der Waals surface area contributed by atoms with Crippen LogP contribution in [0.1, 0.15) is 36.4 Å². The molecule has 1 aliphatic heterocycles. The highest BCUT2D eigenvalue weighted by Crippen LogP contribution is 2.22. The average Bonchev–Trinajstić information content (AvgIpc) is 3.27. The zero-order valence-electron chi connectivity index (χ0n) is 21.2. The summed E-state index contributed by atoms with van der Waals surface area (Å²) >= 11 is 0. The number of hydrogen-bond acceptors (Lipinski definition) is 5. The molecule has 0 amide bonds. The molecule has 0 saturated carbocycles. The fraction of sp³-hybridized carbons (Fsp3) is 0.429. The molecular formula is C28H37N5O. The van der Waals surface area contributed by atoms with Crippen molar-refractivity contribution in [3.63, 3.8) is 0 Å². The predicted molar refractivity (Wildman–Crippen MR) is 142 cm³/mol. The molecule has 0 unspecified atom stereocenters. The van der Waals surface area contributed by atoms with Gasteiger partial charge in [0.15, 0.2) is 5.82 Å². The summed E-state index contributed by atoms with van der Waals surface area (Å²) in [4.78, 5) is 18.2. The zero-order chi connectivity index (χ0) is 24.1. The van der Waals surface area contributed by atoms with Crippen molar-refractivity contribution >= 4 is 22.4 Å². The van der Waals surface area contributed by atoms with E-state index in [0.29, 0.717) is 0 Å². The Morgan fingerprint density at radius 2 is 1.94 bits per heavy atom. The Bertz CT molecular complexity index is 1180. The summed E-state index contributed by atoms with van der Waals surface area (Å²) in [7, 11) is 3.90. The molecule has 0 bridgehead atoms. The molecule has 1 aromatic heterocycles. The van der Waals surface area contributed by atoms with Crippen LogP contribution in [0.4, 0.5) is 0 Å². The molecule has 1 N–H and O–H groups in total. The summed E-state index contributed by atoms with van der Waals surface area (Å²) in [6.45, 7) is 11.9. The summed E-state index contributed by atoms with van der Waals surface area (Å²) in [6, 6.07) is 12.8. The minimum absolute atomic E-state index is 0.775. The maximum absolute atomic E-state index is 5.39. The predicted octanol–water partition coefficient (Wildman–Crippen LogP) is 4.73. The second-order valence-electron chi connectivity index (χ2n) is 9.32. The smallest absolute Gasteiger partial charge is 0.156 e. The molecule has 3 aromatic rings. The van der Waals surface area contributed by atoms with Crippen molar-refractivity contribution in [1.29, 1.82) is 0 Å². The molecule has 2 aromatic carbocycles. The summed E-state index contributed by atoms with van der Waals surface area (Å²) in [5, 5.41) is 0. The average molecular weight is 460 g/mol. The van der Waals surface area contributed by atoms with E-state index in [0.717, 1.165) is 79.6 Å². The summed E-state index contributed by atoms with van der Waals surface area (Å²) in [6.07, 6.45) is 3.85. The van der Waals surface area contributed by atoms with Gasteiger partial charge in [-0.15, -0.1) is 0 Å². The van der Waals surface area contributed by atoms with Crippen LogP contribution >= 0.6 is 0 Å². The van der Waals surface area contributed by atoms with E-state index in [9.17, 15) is 0 Å². The van der Waals surface area contributed by atoms with E-state index in [2.05, 4.69) is 66.0 Å². The number of aromatic nitrogens is 2. The number of aliphatic imine (C=N–C) groups is 1. The molecular weight excluding hydrogens is 422 g/mol. The van der Waals surface area contributed by atoms with E-state index in [4.69, 9.17) is 14.7 Å². The molecule has 4 rings (SSSR count). The van der Waals surface area contributed by atoms with Crippen LogP contribution in [-0.2, 0) is 12.8 Å². The number of nitrogens with zero attached hydrogens (tertiary/aromatic N) is 4. The number of allylic oxidation sites excluding steroid dienone is 1. The lowest BCUT2D eigenvalue weighted by Gasteiger charge is -2.32. The van der Waals surface area contributed by atoms with E-state index < -0.39 is 0 Å². The number of H-pyrrole nitrogens is 1. The summed E-state index contributed by atoms with van der Waals surface area (Å²) in [5.41, 5.74) is 7.77. The van der Waals surface area contributed by atoms with Gasteiger partial charge in [0.25, 0.3) is 0 Å². The van der Waals surface area contributed by atoms with E-state index in [1.165, 1.54) is 16.7 Å². The Morgan fingerprint density at radius 3 is 2.68 bits per heavy atom. The molecule has 2 heterocycles. The topological polar surface area (TPSA) is 56.8 Å². The van der Waals surface area contributed by atoms with Crippen LogP contribution in [0.15, 0.2) is 47.5 Å². The van der Waals surface area contributed by atoms with Gasteiger partial charge in [0.1, 0.15) is 11.4 Å². The highest BCUT2D eigenvalue weighted by Gasteiger charge is 2.14. The van der Waals surface area contributed by atoms with Crippen molar-refractivity contribution in [3.8, 4) is 5.75 Å². The second kappa shape index (κ2) is 11.0. The van der Waals surface area contributed by atoms with Gasteiger partial charge < -0.3 is 19.5 Å². The highest BCUT2D eigenvalue weighted by atomic mass is 16.5. The van der Waals surface area contributed by atoms with Crippen molar-refractivity contribution in [2.24, 2.45) is 4.99 Å². The molecule has 6 heteroatoms. The van der Waals surface area contributed by atoms with Crippen molar-refractivity contribution in [3.05, 3.63) is 65.0 Å². The Morgan fingerprint density at radius 1 is 1.15 bits per heavy atom. The molecule has 1 saturated heterocycles. The SMILES string of the molecule is C/C=C(\N=C(C)Cc1cc(OC)ccc1C)c1nc2ccc(CCN3CCN(C)CC3)cc2[nH]1. The number of piperazine rings is 1. The molecule has 34 heavy (non-hydrogen) atoms. The van der Waals surface area contributed by atoms with Gasteiger partial charge in [0, 0.05) is 44.9 Å². The van der Waals surface area contributed by atoms with E-state index in [1.807, 2.05) is 19.1 Å². The van der Waals surface area contributed by atoms with Crippen LogP contribution in [0.2, 0.25) is 0 Å². The number of imidazole rings is 1. The van der Waals surface area contributed by atoms with Gasteiger partial charge >= 0.3 is 0 Å². The molecule has 6 nitrogen and oxygen atoms in total. The highest BCUT2D eigenvalue weighted by molar-refractivity contribution is 5.90. The van der Waals surface area contributed by atoms with Crippen molar-refractivity contribution in [2.45, 2.75) is 33.6 Å². The summed E-state index contributed by atoms with van der Waals surface area (Å²) in [5.74, 6) is 1.69.